The lowest BCUT2D eigenvalue weighted by atomic mass is 9.77. The number of thiocarbonyl (C=S) groups is 1. The standard InChI is InChI=1S/C9H18S.2CH4/c1-8(2,3)7(10)9(4,5)6;;/h1-6H3;2*1H4. The Bertz CT molecular complexity index is 116. The van der Waals surface area contributed by atoms with E-state index < -0.39 is 0 Å². The molecule has 0 aliphatic carbocycles. The van der Waals surface area contributed by atoms with E-state index in [0.717, 1.165) is 4.86 Å². The van der Waals surface area contributed by atoms with E-state index in [1.54, 1.807) is 0 Å². The molecule has 0 N–H and O–H groups in total. The van der Waals surface area contributed by atoms with Crippen molar-refractivity contribution in [3.63, 3.8) is 0 Å². The van der Waals surface area contributed by atoms with Gasteiger partial charge in [0.15, 0.2) is 0 Å². The predicted octanol–water partition coefficient (Wildman–Crippen LogP) is 4.72. The van der Waals surface area contributed by atoms with Crippen molar-refractivity contribution in [3.05, 3.63) is 0 Å². The minimum atomic E-state index is 0. The molecule has 0 aliphatic heterocycles. The Balaban J connectivity index is -0.000000405. The fraction of sp³-hybridized carbons (Fsp3) is 0.909. The van der Waals surface area contributed by atoms with Crippen LogP contribution in [0.3, 0.4) is 0 Å². The van der Waals surface area contributed by atoms with Gasteiger partial charge in [0.1, 0.15) is 0 Å². The largest absolute Gasteiger partial charge is 0.0885 e. The Labute approximate surface area is 84.8 Å². The molecule has 12 heavy (non-hydrogen) atoms. The molecule has 1 heteroatoms. The Morgan fingerprint density at radius 1 is 0.750 bits per heavy atom. The molecule has 0 aliphatic rings. The Morgan fingerprint density at radius 2 is 0.917 bits per heavy atom. The minimum absolute atomic E-state index is 0. The molecule has 0 heterocycles. The third kappa shape index (κ3) is 5.70. The topological polar surface area (TPSA) is 0 Å². The minimum Gasteiger partial charge on any atom is -0.0885 e. The zero-order valence-corrected chi connectivity index (χ0v) is 8.72. The highest BCUT2D eigenvalue weighted by molar-refractivity contribution is 7.80. The van der Waals surface area contributed by atoms with Crippen molar-refractivity contribution >= 4 is 17.1 Å². The van der Waals surface area contributed by atoms with Crippen molar-refractivity contribution < 1.29 is 0 Å². The second-order valence-electron chi connectivity index (χ2n) is 4.83. The number of hydrogen-bond acceptors (Lipinski definition) is 1. The van der Waals surface area contributed by atoms with Crippen LogP contribution >= 0.6 is 12.2 Å². The summed E-state index contributed by atoms with van der Waals surface area (Å²) in [6.07, 6.45) is 0. The monoisotopic (exact) mass is 190 g/mol. The van der Waals surface area contributed by atoms with E-state index in [2.05, 4.69) is 41.5 Å². The first-order chi connectivity index (χ1) is 4.15. The highest BCUT2D eigenvalue weighted by Gasteiger charge is 2.27. The summed E-state index contributed by atoms with van der Waals surface area (Å²) in [5.74, 6) is 0. The fourth-order valence-electron chi connectivity index (χ4n) is 1.12. The van der Waals surface area contributed by atoms with Gasteiger partial charge >= 0.3 is 0 Å². The van der Waals surface area contributed by atoms with E-state index in [9.17, 15) is 0 Å². The Morgan fingerprint density at radius 3 is 0.917 bits per heavy atom. The van der Waals surface area contributed by atoms with Crippen LogP contribution in [0.2, 0.25) is 0 Å². The van der Waals surface area contributed by atoms with Crippen molar-refractivity contribution in [2.45, 2.75) is 56.4 Å². The molecule has 0 nitrogen and oxygen atoms in total. The van der Waals surface area contributed by atoms with Gasteiger partial charge < -0.3 is 0 Å². The third-order valence-corrected chi connectivity index (χ3v) is 2.59. The average molecular weight is 190 g/mol. The van der Waals surface area contributed by atoms with Gasteiger partial charge in [0.2, 0.25) is 0 Å². The van der Waals surface area contributed by atoms with Gasteiger partial charge in [0.25, 0.3) is 0 Å². The van der Waals surface area contributed by atoms with Gasteiger partial charge in [-0.1, -0.05) is 68.6 Å². The molecule has 0 rings (SSSR count). The van der Waals surface area contributed by atoms with E-state index in [1.807, 2.05) is 0 Å². The van der Waals surface area contributed by atoms with Crippen molar-refractivity contribution in [1.82, 2.24) is 0 Å². The maximum atomic E-state index is 5.33. The second kappa shape index (κ2) is 4.96. The van der Waals surface area contributed by atoms with Crippen LogP contribution in [0, 0.1) is 10.8 Å². The van der Waals surface area contributed by atoms with Gasteiger partial charge in [-0.3, -0.25) is 0 Å². The molecule has 0 saturated heterocycles. The van der Waals surface area contributed by atoms with Crippen LogP contribution in [0.4, 0.5) is 0 Å². The average Bonchev–Trinajstić information content (AvgIpc) is 1.59. The van der Waals surface area contributed by atoms with Crippen molar-refractivity contribution in [1.29, 1.82) is 0 Å². The molecular weight excluding hydrogens is 164 g/mol. The molecular formula is C11H26S. The lowest BCUT2D eigenvalue weighted by Gasteiger charge is -2.30. The summed E-state index contributed by atoms with van der Waals surface area (Å²) in [6, 6.07) is 0. The van der Waals surface area contributed by atoms with Crippen molar-refractivity contribution in [3.8, 4) is 0 Å². The molecule has 0 saturated carbocycles. The first-order valence-corrected chi connectivity index (χ1v) is 4.11. The van der Waals surface area contributed by atoms with Crippen LogP contribution in [0.25, 0.3) is 0 Å². The van der Waals surface area contributed by atoms with Crippen molar-refractivity contribution in [2.75, 3.05) is 0 Å². The van der Waals surface area contributed by atoms with Crippen LogP contribution in [0.5, 0.6) is 0 Å². The zero-order valence-electron chi connectivity index (χ0n) is 7.91. The molecule has 0 amide bonds. The van der Waals surface area contributed by atoms with Crippen LogP contribution in [0.15, 0.2) is 0 Å². The molecule has 0 aromatic rings. The first-order valence-electron chi connectivity index (χ1n) is 3.70. The predicted molar refractivity (Wildman–Crippen MR) is 65.0 cm³/mol. The molecule has 0 radical (unpaired) electrons. The van der Waals surface area contributed by atoms with Crippen LogP contribution in [-0.4, -0.2) is 4.86 Å². The molecule has 0 unspecified atom stereocenters. The molecule has 76 valence electrons. The highest BCUT2D eigenvalue weighted by atomic mass is 32.1. The van der Waals surface area contributed by atoms with Crippen LogP contribution in [0.1, 0.15) is 56.4 Å². The summed E-state index contributed by atoms with van der Waals surface area (Å²) < 4.78 is 0. The van der Waals surface area contributed by atoms with Gasteiger partial charge in [0.05, 0.1) is 0 Å². The first kappa shape index (κ1) is 18.0. The van der Waals surface area contributed by atoms with Gasteiger partial charge in [-0.25, -0.2) is 0 Å². The maximum absolute atomic E-state index is 5.33. The SMILES string of the molecule is C.C.CC(C)(C)C(=S)C(C)(C)C. The van der Waals surface area contributed by atoms with Crippen molar-refractivity contribution in [2.24, 2.45) is 10.8 Å². The van der Waals surface area contributed by atoms with Crippen LogP contribution in [-0.2, 0) is 0 Å². The molecule has 0 bridgehead atoms. The zero-order chi connectivity index (χ0) is 8.58. The second-order valence-corrected chi connectivity index (χ2v) is 5.24. The van der Waals surface area contributed by atoms with Gasteiger partial charge in [-0.15, -0.1) is 0 Å². The molecule has 0 fully saturated rings. The van der Waals surface area contributed by atoms with Gasteiger partial charge in [0, 0.05) is 4.86 Å². The fourth-order valence-corrected chi connectivity index (χ4v) is 1.12. The van der Waals surface area contributed by atoms with Crippen LogP contribution < -0.4 is 0 Å². The molecule has 0 atom stereocenters. The number of rotatable bonds is 0. The number of hydrogen-bond donors (Lipinski definition) is 0. The van der Waals surface area contributed by atoms with E-state index in [0.29, 0.717) is 0 Å². The smallest absolute Gasteiger partial charge is 0.00354 e. The van der Waals surface area contributed by atoms with E-state index in [-0.39, 0.29) is 25.7 Å². The lowest BCUT2D eigenvalue weighted by molar-refractivity contribution is 0.493. The summed E-state index contributed by atoms with van der Waals surface area (Å²) in [5, 5.41) is 0. The molecule has 0 aromatic carbocycles. The normalized spacial score (nSPS) is 11.2. The Kier molecular flexibility index (Phi) is 7.44. The summed E-state index contributed by atoms with van der Waals surface area (Å²) in [4.78, 5) is 1.15. The third-order valence-electron chi connectivity index (χ3n) is 1.36. The van der Waals surface area contributed by atoms with E-state index >= 15 is 0 Å². The lowest BCUT2D eigenvalue weighted by Crippen LogP contribution is -2.30. The highest BCUT2D eigenvalue weighted by Crippen LogP contribution is 2.29. The van der Waals surface area contributed by atoms with E-state index in [4.69, 9.17) is 12.2 Å². The van der Waals surface area contributed by atoms with Gasteiger partial charge in [-0.2, -0.15) is 0 Å². The quantitative estimate of drug-likeness (QED) is 0.498. The molecule has 0 spiro atoms. The molecule has 0 aromatic heterocycles. The Hall–Kier alpha value is 0.0900. The summed E-state index contributed by atoms with van der Waals surface area (Å²) in [5.41, 5.74) is 0.348. The summed E-state index contributed by atoms with van der Waals surface area (Å²) >= 11 is 5.33. The van der Waals surface area contributed by atoms with Gasteiger partial charge in [-0.05, 0) is 10.8 Å². The summed E-state index contributed by atoms with van der Waals surface area (Å²) in [7, 11) is 0. The maximum Gasteiger partial charge on any atom is 0.00354 e. The summed E-state index contributed by atoms with van der Waals surface area (Å²) in [6.45, 7) is 13.0. The van der Waals surface area contributed by atoms with E-state index in [1.165, 1.54) is 0 Å².